The molecule has 1 aromatic rings. The van der Waals surface area contributed by atoms with Gasteiger partial charge in [0.1, 0.15) is 5.82 Å². The maximum atomic E-state index is 9.59. The molecule has 0 aliphatic heterocycles. The summed E-state index contributed by atoms with van der Waals surface area (Å²) in [7, 11) is 0. The lowest BCUT2D eigenvalue weighted by molar-refractivity contribution is 0.104. The Labute approximate surface area is 96.9 Å². The molecule has 3 heteroatoms. The zero-order chi connectivity index (χ0) is 11.4. The number of rotatable bonds is 3. The first kappa shape index (κ1) is 11.4. The average Bonchev–Trinajstić information content (AvgIpc) is 2.28. The molecule has 3 nitrogen and oxygen atoms in total. The maximum absolute atomic E-state index is 9.59. The molecule has 0 spiro atoms. The Morgan fingerprint density at radius 3 is 3.12 bits per heavy atom. The molecule has 88 valence electrons. The van der Waals surface area contributed by atoms with Gasteiger partial charge < -0.3 is 10.4 Å². The van der Waals surface area contributed by atoms with E-state index in [-0.39, 0.29) is 6.10 Å². The monoisotopic (exact) mass is 220 g/mol. The third-order valence-electron chi connectivity index (χ3n) is 3.32. The SMILES string of the molecule is Cc1cccnc1NCC1CCCC(O)C1. The molecule has 1 heterocycles. The van der Waals surface area contributed by atoms with E-state index in [9.17, 15) is 5.11 Å². The van der Waals surface area contributed by atoms with Gasteiger partial charge in [-0.2, -0.15) is 0 Å². The molecule has 0 saturated heterocycles. The van der Waals surface area contributed by atoms with E-state index < -0.39 is 0 Å². The number of aliphatic hydroxyl groups excluding tert-OH is 1. The zero-order valence-corrected chi connectivity index (χ0v) is 9.82. The normalized spacial score (nSPS) is 25.4. The number of hydrogen-bond donors (Lipinski definition) is 2. The lowest BCUT2D eigenvalue weighted by Crippen LogP contribution is -2.25. The van der Waals surface area contributed by atoms with Gasteiger partial charge in [0, 0.05) is 12.7 Å². The van der Waals surface area contributed by atoms with Gasteiger partial charge in [-0.3, -0.25) is 0 Å². The summed E-state index contributed by atoms with van der Waals surface area (Å²) in [5.41, 5.74) is 1.18. The highest BCUT2D eigenvalue weighted by molar-refractivity contribution is 5.42. The molecule has 0 radical (unpaired) electrons. The quantitative estimate of drug-likeness (QED) is 0.822. The summed E-state index contributed by atoms with van der Waals surface area (Å²) in [5.74, 6) is 1.56. The smallest absolute Gasteiger partial charge is 0.128 e. The molecule has 1 fully saturated rings. The molecule has 0 bridgehead atoms. The summed E-state index contributed by atoms with van der Waals surface area (Å²) in [4.78, 5) is 4.31. The van der Waals surface area contributed by atoms with Crippen LogP contribution in [0.25, 0.3) is 0 Å². The fraction of sp³-hybridized carbons (Fsp3) is 0.615. The van der Waals surface area contributed by atoms with Crippen molar-refractivity contribution in [1.29, 1.82) is 0 Å². The first-order chi connectivity index (χ1) is 7.75. The van der Waals surface area contributed by atoms with Crippen LogP contribution in [0.2, 0.25) is 0 Å². The molecule has 0 amide bonds. The van der Waals surface area contributed by atoms with Crippen LogP contribution in [0, 0.1) is 12.8 Å². The van der Waals surface area contributed by atoms with Gasteiger partial charge in [-0.15, -0.1) is 0 Å². The number of pyridine rings is 1. The van der Waals surface area contributed by atoms with E-state index >= 15 is 0 Å². The number of anilines is 1. The van der Waals surface area contributed by atoms with E-state index in [1.807, 2.05) is 12.3 Å². The van der Waals surface area contributed by atoms with Crippen molar-refractivity contribution in [3.05, 3.63) is 23.9 Å². The second-order valence-corrected chi connectivity index (χ2v) is 4.74. The highest BCUT2D eigenvalue weighted by Crippen LogP contribution is 2.24. The first-order valence-corrected chi connectivity index (χ1v) is 6.09. The van der Waals surface area contributed by atoms with Crippen molar-refractivity contribution in [1.82, 2.24) is 4.98 Å². The molecule has 1 aliphatic rings. The topological polar surface area (TPSA) is 45.2 Å². The van der Waals surface area contributed by atoms with E-state index in [4.69, 9.17) is 0 Å². The Hall–Kier alpha value is -1.09. The molecule has 2 rings (SSSR count). The summed E-state index contributed by atoms with van der Waals surface area (Å²) in [5, 5.41) is 13.0. The minimum Gasteiger partial charge on any atom is -0.393 e. The summed E-state index contributed by atoms with van der Waals surface area (Å²) in [6, 6.07) is 4.01. The number of nitrogens with one attached hydrogen (secondary N) is 1. The van der Waals surface area contributed by atoms with Crippen LogP contribution in [0.15, 0.2) is 18.3 Å². The largest absolute Gasteiger partial charge is 0.393 e. The molecular weight excluding hydrogens is 200 g/mol. The maximum Gasteiger partial charge on any atom is 0.128 e. The summed E-state index contributed by atoms with van der Waals surface area (Å²) in [6.07, 6.45) is 5.98. The van der Waals surface area contributed by atoms with Crippen LogP contribution in [0.5, 0.6) is 0 Å². The predicted octanol–water partition coefficient (Wildman–Crippen LogP) is 2.35. The molecule has 1 aliphatic carbocycles. The van der Waals surface area contributed by atoms with Gasteiger partial charge in [-0.1, -0.05) is 12.5 Å². The van der Waals surface area contributed by atoms with E-state index in [2.05, 4.69) is 23.3 Å². The Morgan fingerprint density at radius 1 is 1.50 bits per heavy atom. The number of aliphatic hydroxyl groups is 1. The Kier molecular flexibility index (Phi) is 3.78. The second-order valence-electron chi connectivity index (χ2n) is 4.74. The van der Waals surface area contributed by atoms with Gasteiger partial charge in [-0.05, 0) is 43.7 Å². The third-order valence-corrected chi connectivity index (χ3v) is 3.32. The van der Waals surface area contributed by atoms with Crippen LogP contribution in [0.1, 0.15) is 31.2 Å². The second kappa shape index (κ2) is 5.30. The fourth-order valence-electron chi connectivity index (χ4n) is 2.36. The first-order valence-electron chi connectivity index (χ1n) is 6.09. The van der Waals surface area contributed by atoms with Crippen molar-refractivity contribution in [2.75, 3.05) is 11.9 Å². The van der Waals surface area contributed by atoms with E-state index in [0.29, 0.717) is 5.92 Å². The van der Waals surface area contributed by atoms with Gasteiger partial charge in [0.05, 0.1) is 6.10 Å². The van der Waals surface area contributed by atoms with Gasteiger partial charge >= 0.3 is 0 Å². The van der Waals surface area contributed by atoms with E-state index in [0.717, 1.165) is 31.6 Å². The fourth-order valence-corrected chi connectivity index (χ4v) is 2.36. The predicted molar refractivity (Wildman–Crippen MR) is 65.4 cm³/mol. The summed E-state index contributed by atoms with van der Waals surface area (Å²) >= 11 is 0. The Bertz CT molecular complexity index is 340. The molecule has 2 N–H and O–H groups in total. The van der Waals surface area contributed by atoms with Crippen molar-refractivity contribution in [2.24, 2.45) is 5.92 Å². The Balaban J connectivity index is 1.85. The van der Waals surface area contributed by atoms with Crippen LogP contribution in [-0.2, 0) is 0 Å². The number of nitrogens with zero attached hydrogens (tertiary/aromatic N) is 1. The summed E-state index contributed by atoms with van der Waals surface area (Å²) in [6.45, 7) is 2.99. The minimum absolute atomic E-state index is 0.0922. The average molecular weight is 220 g/mol. The zero-order valence-electron chi connectivity index (χ0n) is 9.82. The van der Waals surface area contributed by atoms with Crippen LogP contribution in [0.4, 0.5) is 5.82 Å². The van der Waals surface area contributed by atoms with Crippen LogP contribution < -0.4 is 5.32 Å². The van der Waals surface area contributed by atoms with Gasteiger partial charge in [0.2, 0.25) is 0 Å². The van der Waals surface area contributed by atoms with E-state index in [1.54, 1.807) is 0 Å². The highest BCUT2D eigenvalue weighted by atomic mass is 16.3. The standard InChI is InChI=1S/C13H20N2O/c1-10-4-3-7-14-13(10)15-9-11-5-2-6-12(16)8-11/h3-4,7,11-12,16H,2,5-6,8-9H2,1H3,(H,14,15). The highest BCUT2D eigenvalue weighted by Gasteiger charge is 2.19. The molecule has 2 atom stereocenters. The number of aryl methyl sites for hydroxylation is 1. The number of hydrogen-bond acceptors (Lipinski definition) is 3. The molecule has 2 unspecified atom stereocenters. The van der Waals surface area contributed by atoms with E-state index in [1.165, 1.54) is 12.0 Å². The lowest BCUT2D eigenvalue weighted by atomic mass is 9.87. The third kappa shape index (κ3) is 2.95. The Morgan fingerprint density at radius 2 is 2.38 bits per heavy atom. The van der Waals surface area contributed by atoms with Crippen molar-refractivity contribution in [3.8, 4) is 0 Å². The van der Waals surface area contributed by atoms with Crippen molar-refractivity contribution < 1.29 is 5.11 Å². The van der Waals surface area contributed by atoms with Crippen molar-refractivity contribution >= 4 is 5.82 Å². The van der Waals surface area contributed by atoms with Crippen LogP contribution >= 0.6 is 0 Å². The van der Waals surface area contributed by atoms with Crippen LogP contribution in [-0.4, -0.2) is 22.7 Å². The van der Waals surface area contributed by atoms with Gasteiger partial charge in [0.15, 0.2) is 0 Å². The molecule has 16 heavy (non-hydrogen) atoms. The van der Waals surface area contributed by atoms with Crippen LogP contribution in [0.3, 0.4) is 0 Å². The molecule has 1 saturated carbocycles. The van der Waals surface area contributed by atoms with Crippen molar-refractivity contribution in [3.63, 3.8) is 0 Å². The molecular formula is C13H20N2O. The molecule has 0 aromatic carbocycles. The number of aromatic nitrogens is 1. The minimum atomic E-state index is -0.0922. The van der Waals surface area contributed by atoms with Crippen molar-refractivity contribution in [2.45, 2.75) is 38.7 Å². The van der Waals surface area contributed by atoms with Gasteiger partial charge in [0.25, 0.3) is 0 Å². The lowest BCUT2D eigenvalue weighted by Gasteiger charge is -2.26. The summed E-state index contributed by atoms with van der Waals surface area (Å²) < 4.78 is 0. The van der Waals surface area contributed by atoms with Gasteiger partial charge in [-0.25, -0.2) is 4.98 Å². The molecule has 1 aromatic heterocycles.